The molecular weight excluding hydrogens is 238 g/mol. The van der Waals surface area contributed by atoms with E-state index in [0.29, 0.717) is 0 Å². The maximum Gasteiger partial charge on any atom is 0.154 e. The first-order valence-electron chi connectivity index (χ1n) is 6.19. The molecule has 1 N–H and O–H groups in total. The predicted octanol–water partition coefficient (Wildman–Crippen LogP) is 3.55. The molecule has 0 amide bonds. The standard InChI is InChI=1S/C15H15N3O/c1-9-4-5-12-11(6-9)7-13(19-12)14-10(2)15(16-3)18-8-17-14/h4-8H,1-3H3,(H,16,17,18). The van der Waals surface area contributed by atoms with Crippen molar-refractivity contribution in [3.05, 3.63) is 41.7 Å². The zero-order chi connectivity index (χ0) is 13.4. The minimum atomic E-state index is 0.775. The van der Waals surface area contributed by atoms with Crippen LogP contribution in [0.4, 0.5) is 5.82 Å². The Bertz CT molecular complexity index is 746. The monoisotopic (exact) mass is 253 g/mol. The summed E-state index contributed by atoms with van der Waals surface area (Å²) in [7, 11) is 1.85. The van der Waals surface area contributed by atoms with Crippen molar-refractivity contribution in [1.29, 1.82) is 0 Å². The molecule has 0 fully saturated rings. The van der Waals surface area contributed by atoms with Crippen LogP contribution in [0.3, 0.4) is 0 Å². The molecule has 0 spiro atoms. The Morgan fingerprint density at radius 3 is 2.74 bits per heavy atom. The third-order valence-electron chi connectivity index (χ3n) is 3.23. The van der Waals surface area contributed by atoms with Crippen molar-refractivity contribution in [3.8, 4) is 11.5 Å². The van der Waals surface area contributed by atoms with Crippen LogP contribution in [-0.4, -0.2) is 17.0 Å². The number of hydrogen-bond donors (Lipinski definition) is 1. The van der Waals surface area contributed by atoms with E-state index in [2.05, 4.69) is 28.3 Å². The summed E-state index contributed by atoms with van der Waals surface area (Å²) >= 11 is 0. The second-order valence-electron chi connectivity index (χ2n) is 4.60. The van der Waals surface area contributed by atoms with E-state index in [-0.39, 0.29) is 0 Å². The first-order valence-corrected chi connectivity index (χ1v) is 6.19. The van der Waals surface area contributed by atoms with Gasteiger partial charge in [-0.15, -0.1) is 0 Å². The Morgan fingerprint density at radius 2 is 1.95 bits per heavy atom. The summed E-state index contributed by atoms with van der Waals surface area (Å²) in [5.74, 6) is 1.60. The summed E-state index contributed by atoms with van der Waals surface area (Å²) in [5.41, 5.74) is 3.91. The molecule has 3 rings (SSSR count). The highest BCUT2D eigenvalue weighted by molar-refractivity contribution is 5.83. The molecule has 0 bridgehead atoms. The molecule has 96 valence electrons. The number of furan rings is 1. The highest BCUT2D eigenvalue weighted by Crippen LogP contribution is 2.30. The van der Waals surface area contributed by atoms with Crippen molar-refractivity contribution in [3.63, 3.8) is 0 Å². The zero-order valence-electron chi connectivity index (χ0n) is 11.2. The minimum Gasteiger partial charge on any atom is -0.454 e. The van der Waals surface area contributed by atoms with Gasteiger partial charge in [0.2, 0.25) is 0 Å². The number of nitrogens with one attached hydrogen (secondary N) is 1. The van der Waals surface area contributed by atoms with Gasteiger partial charge >= 0.3 is 0 Å². The lowest BCUT2D eigenvalue weighted by Crippen LogP contribution is -1.98. The number of benzene rings is 1. The van der Waals surface area contributed by atoms with Crippen LogP contribution < -0.4 is 5.32 Å². The number of aromatic nitrogens is 2. The molecule has 0 aliphatic heterocycles. The highest BCUT2D eigenvalue weighted by atomic mass is 16.3. The lowest BCUT2D eigenvalue weighted by atomic mass is 10.1. The van der Waals surface area contributed by atoms with Crippen LogP contribution >= 0.6 is 0 Å². The maximum atomic E-state index is 5.87. The van der Waals surface area contributed by atoms with Crippen LogP contribution in [0.15, 0.2) is 35.0 Å². The van der Waals surface area contributed by atoms with Crippen molar-refractivity contribution in [2.24, 2.45) is 0 Å². The van der Waals surface area contributed by atoms with Gasteiger partial charge in [-0.25, -0.2) is 9.97 Å². The number of fused-ring (bicyclic) bond motifs is 1. The predicted molar refractivity (Wildman–Crippen MR) is 76.3 cm³/mol. The van der Waals surface area contributed by atoms with Crippen molar-refractivity contribution >= 4 is 16.8 Å². The summed E-state index contributed by atoms with van der Waals surface area (Å²) < 4.78 is 5.87. The number of aryl methyl sites for hydroxylation is 1. The second-order valence-corrected chi connectivity index (χ2v) is 4.60. The van der Waals surface area contributed by atoms with Crippen LogP contribution in [0.25, 0.3) is 22.4 Å². The highest BCUT2D eigenvalue weighted by Gasteiger charge is 2.12. The molecule has 2 heterocycles. The molecule has 0 atom stereocenters. The van der Waals surface area contributed by atoms with E-state index < -0.39 is 0 Å². The molecule has 0 unspecified atom stereocenters. The summed E-state index contributed by atoms with van der Waals surface area (Å²) in [6.07, 6.45) is 1.55. The number of nitrogens with zero attached hydrogens (tertiary/aromatic N) is 2. The van der Waals surface area contributed by atoms with Gasteiger partial charge in [-0.2, -0.15) is 0 Å². The molecule has 1 aromatic carbocycles. The third kappa shape index (κ3) is 1.95. The molecule has 0 aliphatic rings. The van der Waals surface area contributed by atoms with E-state index in [1.54, 1.807) is 6.33 Å². The number of hydrogen-bond acceptors (Lipinski definition) is 4. The topological polar surface area (TPSA) is 51.0 Å². The summed E-state index contributed by atoms with van der Waals surface area (Å²) in [5, 5.41) is 4.15. The van der Waals surface area contributed by atoms with Crippen LogP contribution in [0.5, 0.6) is 0 Å². The Kier molecular flexibility index (Phi) is 2.71. The largest absolute Gasteiger partial charge is 0.454 e. The van der Waals surface area contributed by atoms with Gasteiger partial charge in [0.1, 0.15) is 23.4 Å². The fraction of sp³-hybridized carbons (Fsp3) is 0.200. The smallest absolute Gasteiger partial charge is 0.154 e. The fourth-order valence-electron chi connectivity index (χ4n) is 2.23. The van der Waals surface area contributed by atoms with Crippen molar-refractivity contribution in [1.82, 2.24) is 9.97 Å². The molecule has 3 aromatic rings. The lowest BCUT2D eigenvalue weighted by Gasteiger charge is -2.06. The average molecular weight is 253 g/mol. The van der Waals surface area contributed by atoms with E-state index in [0.717, 1.165) is 33.8 Å². The Labute approximate surface area is 111 Å². The molecule has 0 saturated carbocycles. The number of rotatable bonds is 2. The van der Waals surface area contributed by atoms with Gasteiger partial charge in [0.05, 0.1) is 0 Å². The van der Waals surface area contributed by atoms with Gasteiger partial charge in [0.15, 0.2) is 5.76 Å². The van der Waals surface area contributed by atoms with Crippen molar-refractivity contribution in [2.45, 2.75) is 13.8 Å². The van der Waals surface area contributed by atoms with E-state index in [9.17, 15) is 0 Å². The zero-order valence-corrected chi connectivity index (χ0v) is 11.2. The molecule has 2 aromatic heterocycles. The van der Waals surface area contributed by atoms with Gasteiger partial charge in [-0.1, -0.05) is 11.6 Å². The molecule has 0 saturated heterocycles. The van der Waals surface area contributed by atoms with E-state index in [4.69, 9.17) is 4.42 Å². The van der Waals surface area contributed by atoms with Crippen LogP contribution in [0.1, 0.15) is 11.1 Å². The van der Waals surface area contributed by atoms with Gasteiger partial charge in [0, 0.05) is 18.0 Å². The second kappa shape index (κ2) is 4.39. The van der Waals surface area contributed by atoms with Crippen LogP contribution in [0, 0.1) is 13.8 Å². The molecular formula is C15H15N3O. The van der Waals surface area contributed by atoms with Crippen molar-refractivity contribution in [2.75, 3.05) is 12.4 Å². The normalized spacial score (nSPS) is 10.9. The van der Waals surface area contributed by atoms with Crippen molar-refractivity contribution < 1.29 is 4.42 Å². The van der Waals surface area contributed by atoms with E-state index in [1.165, 1.54) is 5.56 Å². The van der Waals surface area contributed by atoms with Gasteiger partial charge < -0.3 is 9.73 Å². The Morgan fingerprint density at radius 1 is 1.11 bits per heavy atom. The van der Waals surface area contributed by atoms with Gasteiger partial charge in [-0.3, -0.25) is 0 Å². The molecule has 4 nitrogen and oxygen atoms in total. The first kappa shape index (κ1) is 11.7. The third-order valence-corrected chi connectivity index (χ3v) is 3.23. The minimum absolute atomic E-state index is 0.775. The van der Waals surface area contributed by atoms with Crippen LogP contribution in [0.2, 0.25) is 0 Å². The van der Waals surface area contributed by atoms with Crippen LogP contribution in [-0.2, 0) is 0 Å². The summed E-state index contributed by atoms with van der Waals surface area (Å²) in [4.78, 5) is 8.52. The van der Waals surface area contributed by atoms with E-state index in [1.807, 2.05) is 32.2 Å². The quantitative estimate of drug-likeness (QED) is 0.758. The average Bonchev–Trinajstić information content (AvgIpc) is 2.81. The molecule has 0 radical (unpaired) electrons. The van der Waals surface area contributed by atoms with Gasteiger partial charge in [0.25, 0.3) is 0 Å². The van der Waals surface area contributed by atoms with Gasteiger partial charge in [-0.05, 0) is 32.0 Å². The molecule has 4 heteroatoms. The van der Waals surface area contributed by atoms with E-state index >= 15 is 0 Å². The molecule has 19 heavy (non-hydrogen) atoms. The summed E-state index contributed by atoms with van der Waals surface area (Å²) in [6.45, 7) is 4.06. The Balaban J connectivity index is 2.19. The maximum absolute atomic E-state index is 5.87. The SMILES string of the molecule is CNc1ncnc(-c2cc3cc(C)ccc3o2)c1C. The fourth-order valence-corrected chi connectivity index (χ4v) is 2.23. The lowest BCUT2D eigenvalue weighted by molar-refractivity contribution is 0.627. The molecule has 0 aliphatic carbocycles. The summed E-state index contributed by atoms with van der Waals surface area (Å²) in [6, 6.07) is 8.17. The Hall–Kier alpha value is -2.36. The first-order chi connectivity index (χ1) is 9.19. The number of anilines is 1.